The summed E-state index contributed by atoms with van der Waals surface area (Å²) >= 11 is 0. The molecule has 3 heteroatoms. The molecule has 1 amide bonds. The van der Waals surface area contributed by atoms with E-state index in [0.29, 0.717) is 0 Å². The Labute approximate surface area is 68.1 Å². The molecule has 0 aromatic rings. The minimum absolute atomic E-state index is 0.772. The Balaban J connectivity index is 3.20. The molecule has 0 heterocycles. The van der Waals surface area contributed by atoms with Gasteiger partial charge in [0.2, 0.25) is 6.41 Å². The second-order valence-corrected chi connectivity index (χ2v) is 2.23. The predicted molar refractivity (Wildman–Crippen MR) is 46.4 cm³/mol. The number of likely N-dealkylation sites (N-methyl/N-ethyl adjacent to an activating group) is 1. The monoisotopic (exact) mass is 156 g/mol. The van der Waals surface area contributed by atoms with Crippen molar-refractivity contribution in [2.45, 2.75) is 6.92 Å². The number of carbonyl (C=O) groups is 1. The Morgan fingerprint density at radius 2 is 2.36 bits per heavy atom. The summed E-state index contributed by atoms with van der Waals surface area (Å²) in [6, 6.07) is 0. The fourth-order valence-corrected chi connectivity index (χ4v) is 0.712. The van der Waals surface area contributed by atoms with Gasteiger partial charge in [-0.1, -0.05) is 6.08 Å². The van der Waals surface area contributed by atoms with Gasteiger partial charge in [0.25, 0.3) is 0 Å². The summed E-state index contributed by atoms with van der Waals surface area (Å²) in [5, 5.41) is 3.12. The molecule has 11 heavy (non-hydrogen) atoms. The van der Waals surface area contributed by atoms with Gasteiger partial charge in [0.05, 0.1) is 0 Å². The quantitative estimate of drug-likeness (QED) is 0.325. The highest BCUT2D eigenvalue weighted by Crippen LogP contribution is 1.78. The van der Waals surface area contributed by atoms with Gasteiger partial charge < -0.3 is 10.2 Å². The first-order valence-electron chi connectivity index (χ1n) is 3.86. The molecule has 0 spiro atoms. The Morgan fingerprint density at radius 3 is 2.82 bits per heavy atom. The van der Waals surface area contributed by atoms with E-state index in [1.165, 1.54) is 0 Å². The molecular formula is C8H16N2O. The maximum Gasteiger partial charge on any atom is 0.209 e. The van der Waals surface area contributed by atoms with E-state index in [9.17, 15) is 4.79 Å². The van der Waals surface area contributed by atoms with Crippen molar-refractivity contribution in [1.82, 2.24) is 10.2 Å². The number of nitrogens with one attached hydrogen (secondary N) is 1. The highest BCUT2D eigenvalue weighted by atomic mass is 16.1. The minimum Gasteiger partial charge on any atom is -0.344 e. The third-order valence-corrected chi connectivity index (χ3v) is 1.42. The molecule has 0 aromatic heterocycles. The van der Waals surface area contributed by atoms with Crippen LogP contribution in [0.4, 0.5) is 0 Å². The SMILES string of the molecule is C=CCNCCN(C=O)CC. The molecule has 0 saturated heterocycles. The summed E-state index contributed by atoms with van der Waals surface area (Å²) < 4.78 is 0. The zero-order valence-electron chi connectivity index (χ0n) is 7.05. The van der Waals surface area contributed by atoms with E-state index in [1.807, 2.05) is 6.92 Å². The molecule has 0 unspecified atom stereocenters. The number of nitrogens with zero attached hydrogens (tertiary/aromatic N) is 1. The van der Waals surface area contributed by atoms with E-state index in [2.05, 4.69) is 11.9 Å². The van der Waals surface area contributed by atoms with Crippen LogP contribution >= 0.6 is 0 Å². The van der Waals surface area contributed by atoms with E-state index in [1.54, 1.807) is 11.0 Å². The second kappa shape index (κ2) is 7.28. The number of hydrogen-bond acceptors (Lipinski definition) is 2. The van der Waals surface area contributed by atoms with Crippen molar-refractivity contribution in [1.29, 1.82) is 0 Å². The Bertz CT molecular complexity index is 115. The van der Waals surface area contributed by atoms with Crippen molar-refractivity contribution in [3.8, 4) is 0 Å². The molecule has 1 N–H and O–H groups in total. The summed E-state index contributed by atoms with van der Waals surface area (Å²) in [6.07, 6.45) is 2.67. The average molecular weight is 156 g/mol. The van der Waals surface area contributed by atoms with Crippen LogP contribution in [0, 0.1) is 0 Å². The van der Waals surface area contributed by atoms with Gasteiger partial charge in [0, 0.05) is 26.2 Å². The van der Waals surface area contributed by atoms with Crippen molar-refractivity contribution in [2.24, 2.45) is 0 Å². The Kier molecular flexibility index (Phi) is 6.73. The molecule has 0 aromatic carbocycles. The molecule has 0 radical (unpaired) electrons. The molecule has 0 atom stereocenters. The van der Waals surface area contributed by atoms with Gasteiger partial charge in [-0.25, -0.2) is 0 Å². The van der Waals surface area contributed by atoms with Crippen LogP contribution in [0.25, 0.3) is 0 Å². The summed E-state index contributed by atoms with van der Waals surface area (Å²) in [4.78, 5) is 12.0. The van der Waals surface area contributed by atoms with Gasteiger partial charge >= 0.3 is 0 Å². The average Bonchev–Trinajstić information content (AvgIpc) is 2.05. The summed E-state index contributed by atoms with van der Waals surface area (Å²) in [5.41, 5.74) is 0. The molecule has 0 aliphatic rings. The van der Waals surface area contributed by atoms with Crippen LogP contribution in [0.2, 0.25) is 0 Å². The molecule has 0 aliphatic heterocycles. The topological polar surface area (TPSA) is 32.3 Å². The lowest BCUT2D eigenvalue weighted by molar-refractivity contribution is -0.117. The van der Waals surface area contributed by atoms with Crippen LogP contribution in [0.5, 0.6) is 0 Å². The molecule has 0 bridgehead atoms. The standard InChI is InChI=1S/C8H16N2O/c1-3-5-9-6-7-10(4-2)8-11/h3,8-9H,1,4-7H2,2H3. The lowest BCUT2D eigenvalue weighted by Gasteiger charge is -2.13. The van der Waals surface area contributed by atoms with Gasteiger partial charge in [0.1, 0.15) is 0 Å². The van der Waals surface area contributed by atoms with Crippen LogP contribution < -0.4 is 5.32 Å². The molecule has 64 valence electrons. The van der Waals surface area contributed by atoms with Crippen molar-refractivity contribution in [3.63, 3.8) is 0 Å². The van der Waals surface area contributed by atoms with Crippen LogP contribution in [0.3, 0.4) is 0 Å². The Morgan fingerprint density at radius 1 is 1.64 bits per heavy atom. The molecule has 0 saturated carbocycles. The van der Waals surface area contributed by atoms with Crippen LogP contribution in [-0.2, 0) is 4.79 Å². The minimum atomic E-state index is 0.772. The third kappa shape index (κ3) is 5.61. The van der Waals surface area contributed by atoms with Gasteiger partial charge in [-0.15, -0.1) is 6.58 Å². The first-order valence-corrected chi connectivity index (χ1v) is 3.86. The normalized spacial score (nSPS) is 9.18. The zero-order chi connectivity index (χ0) is 8.53. The maximum atomic E-state index is 10.3. The van der Waals surface area contributed by atoms with E-state index >= 15 is 0 Å². The fraction of sp³-hybridized carbons (Fsp3) is 0.625. The van der Waals surface area contributed by atoms with Crippen LogP contribution in [0.15, 0.2) is 12.7 Å². The van der Waals surface area contributed by atoms with Crippen molar-refractivity contribution < 1.29 is 4.79 Å². The number of amides is 1. The molecule has 0 aliphatic carbocycles. The van der Waals surface area contributed by atoms with Crippen molar-refractivity contribution in [2.75, 3.05) is 26.2 Å². The molecule has 0 fully saturated rings. The summed E-state index contributed by atoms with van der Waals surface area (Å²) in [7, 11) is 0. The van der Waals surface area contributed by atoms with E-state index in [4.69, 9.17) is 0 Å². The number of hydrogen-bond donors (Lipinski definition) is 1. The highest BCUT2D eigenvalue weighted by molar-refractivity contribution is 5.46. The molecular weight excluding hydrogens is 140 g/mol. The first kappa shape index (κ1) is 10.2. The molecule has 3 nitrogen and oxygen atoms in total. The largest absolute Gasteiger partial charge is 0.344 e. The molecule has 0 rings (SSSR count). The first-order chi connectivity index (χ1) is 5.35. The van der Waals surface area contributed by atoms with Crippen LogP contribution in [-0.4, -0.2) is 37.5 Å². The highest BCUT2D eigenvalue weighted by Gasteiger charge is 1.94. The fourth-order valence-electron chi connectivity index (χ4n) is 0.712. The lowest BCUT2D eigenvalue weighted by atomic mass is 10.5. The van der Waals surface area contributed by atoms with Crippen molar-refractivity contribution in [3.05, 3.63) is 12.7 Å². The maximum absolute atomic E-state index is 10.3. The smallest absolute Gasteiger partial charge is 0.209 e. The van der Waals surface area contributed by atoms with Crippen molar-refractivity contribution >= 4 is 6.41 Å². The van der Waals surface area contributed by atoms with Gasteiger partial charge in [-0.2, -0.15) is 0 Å². The van der Waals surface area contributed by atoms with E-state index < -0.39 is 0 Å². The van der Waals surface area contributed by atoms with E-state index in [0.717, 1.165) is 32.6 Å². The predicted octanol–water partition coefficient (Wildman–Crippen LogP) is 0.240. The number of carbonyl (C=O) groups excluding carboxylic acids is 1. The number of rotatable bonds is 7. The third-order valence-electron chi connectivity index (χ3n) is 1.42. The Hall–Kier alpha value is -0.830. The van der Waals surface area contributed by atoms with E-state index in [-0.39, 0.29) is 0 Å². The van der Waals surface area contributed by atoms with Gasteiger partial charge in [0.15, 0.2) is 0 Å². The summed E-state index contributed by atoms with van der Waals surface area (Å²) in [6.45, 7) is 8.71. The van der Waals surface area contributed by atoms with Gasteiger partial charge in [-0.3, -0.25) is 4.79 Å². The lowest BCUT2D eigenvalue weighted by Crippen LogP contribution is -2.30. The zero-order valence-corrected chi connectivity index (χ0v) is 7.05. The second-order valence-electron chi connectivity index (χ2n) is 2.23. The van der Waals surface area contributed by atoms with Crippen LogP contribution in [0.1, 0.15) is 6.92 Å². The summed E-state index contributed by atoms with van der Waals surface area (Å²) in [5.74, 6) is 0. The van der Waals surface area contributed by atoms with Gasteiger partial charge in [-0.05, 0) is 6.92 Å².